The van der Waals surface area contributed by atoms with Crippen molar-refractivity contribution in [1.82, 2.24) is 10.2 Å². The summed E-state index contributed by atoms with van der Waals surface area (Å²) < 4.78 is 5.44. The molecule has 2 atom stereocenters. The molecule has 1 saturated heterocycles. The van der Waals surface area contributed by atoms with Crippen molar-refractivity contribution < 1.29 is 9.53 Å². The molecule has 0 radical (unpaired) electrons. The fraction of sp³-hybridized carbons (Fsp3) is 0.588. The van der Waals surface area contributed by atoms with E-state index in [0.717, 1.165) is 26.3 Å². The third-order valence-corrected chi connectivity index (χ3v) is 3.91. The van der Waals surface area contributed by atoms with Crippen LogP contribution >= 0.6 is 24.8 Å². The molecule has 24 heavy (non-hydrogen) atoms. The van der Waals surface area contributed by atoms with E-state index in [-0.39, 0.29) is 42.8 Å². The number of rotatable bonds is 6. The lowest BCUT2D eigenvalue weighted by Crippen LogP contribution is -2.44. The number of carbonyl (C=O) groups is 1. The lowest BCUT2D eigenvalue weighted by molar-refractivity contribution is -0.121. The van der Waals surface area contributed by atoms with E-state index in [4.69, 9.17) is 10.5 Å². The number of benzene rings is 1. The van der Waals surface area contributed by atoms with E-state index in [9.17, 15) is 4.79 Å². The van der Waals surface area contributed by atoms with Crippen LogP contribution in [-0.4, -0.2) is 49.7 Å². The average Bonchev–Trinajstić information content (AvgIpc) is 2.48. The number of ether oxygens (including phenoxy) is 1. The molecule has 2 unspecified atom stereocenters. The molecule has 1 aromatic rings. The summed E-state index contributed by atoms with van der Waals surface area (Å²) in [7, 11) is 0. The molecule has 0 aromatic heterocycles. The van der Waals surface area contributed by atoms with Crippen molar-refractivity contribution in [3.05, 3.63) is 35.4 Å². The highest BCUT2D eigenvalue weighted by Crippen LogP contribution is 2.22. The number of amides is 1. The van der Waals surface area contributed by atoms with Crippen LogP contribution in [0.5, 0.6) is 0 Å². The zero-order valence-corrected chi connectivity index (χ0v) is 16.0. The minimum Gasteiger partial charge on any atom is -0.379 e. The van der Waals surface area contributed by atoms with Gasteiger partial charge < -0.3 is 15.8 Å². The van der Waals surface area contributed by atoms with Gasteiger partial charge in [0.2, 0.25) is 5.91 Å². The first kappa shape index (κ1) is 23.1. The molecule has 1 heterocycles. The van der Waals surface area contributed by atoms with Crippen molar-refractivity contribution in [2.24, 2.45) is 5.73 Å². The fourth-order valence-electron chi connectivity index (χ4n) is 2.80. The summed E-state index contributed by atoms with van der Waals surface area (Å²) in [5, 5.41) is 3.03. The number of morpholine rings is 1. The quantitative estimate of drug-likeness (QED) is 0.795. The van der Waals surface area contributed by atoms with E-state index in [2.05, 4.69) is 41.4 Å². The number of hydrogen-bond donors (Lipinski definition) is 2. The summed E-state index contributed by atoms with van der Waals surface area (Å²) in [6, 6.07) is 8.56. The number of nitrogens with one attached hydrogen (secondary N) is 1. The van der Waals surface area contributed by atoms with Crippen LogP contribution in [0.4, 0.5) is 0 Å². The highest BCUT2D eigenvalue weighted by atomic mass is 35.5. The largest absolute Gasteiger partial charge is 0.379 e. The third-order valence-electron chi connectivity index (χ3n) is 3.91. The van der Waals surface area contributed by atoms with Crippen LogP contribution in [0.3, 0.4) is 0 Å². The Hall–Kier alpha value is -0.850. The highest BCUT2D eigenvalue weighted by molar-refractivity contribution is 5.85. The Balaban J connectivity index is 0.00000264. The Labute approximate surface area is 157 Å². The van der Waals surface area contributed by atoms with Crippen molar-refractivity contribution in [2.45, 2.75) is 32.4 Å². The molecule has 3 N–H and O–H groups in total. The molecule has 1 aromatic carbocycles. The third kappa shape index (κ3) is 7.36. The summed E-state index contributed by atoms with van der Waals surface area (Å²) in [6.07, 6.45) is 0.365. The van der Waals surface area contributed by atoms with Gasteiger partial charge in [-0.25, -0.2) is 0 Å². The van der Waals surface area contributed by atoms with Crippen LogP contribution in [0, 0.1) is 6.92 Å². The molecule has 0 bridgehead atoms. The van der Waals surface area contributed by atoms with Crippen LogP contribution < -0.4 is 11.1 Å². The maximum Gasteiger partial charge on any atom is 0.221 e. The highest BCUT2D eigenvalue weighted by Gasteiger charge is 2.23. The van der Waals surface area contributed by atoms with Crippen molar-refractivity contribution in [2.75, 3.05) is 32.8 Å². The summed E-state index contributed by atoms with van der Waals surface area (Å²) in [6.45, 7) is 7.82. The molecule has 0 spiro atoms. The molecule has 1 fully saturated rings. The molecule has 0 aliphatic carbocycles. The minimum atomic E-state index is -0.110. The molecule has 1 aliphatic rings. The van der Waals surface area contributed by atoms with E-state index < -0.39 is 0 Å². The standard InChI is InChI=1S/C17H27N3O2.2ClH/c1-13-4-3-5-15(10-13)16(20-6-8-22-9-7-20)12-19-17(21)11-14(2)18;;/h3-5,10,14,16H,6-9,11-12,18H2,1-2H3,(H,19,21);2*1H. The molecular formula is C17H29Cl2N3O2. The fourth-order valence-corrected chi connectivity index (χ4v) is 2.80. The first-order chi connectivity index (χ1) is 10.6. The molecule has 0 saturated carbocycles. The Morgan fingerprint density at radius 1 is 1.33 bits per heavy atom. The van der Waals surface area contributed by atoms with Gasteiger partial charge in [-0.15, -0.1) is 24.8 Å². The lowest BCUT2D eigenvalue weighted by atomic mass is 10.0. The van der Waals surface area contributed by atoms with Gasteiger partial charge in [0.15, 0.2) is 0 Å². The number of halogens is 2. The van der Waals surface area contributed by atoms with Gasteiger partial charge in [-0.2, -0.15) is 0 Å². The Morgan fingerprint density at radius 2 is 2.00 bits per heavy atom. The summed E-state index contributed by atoms with van der Waals surface area (Å²) in [5.74, 6) is 0.0147. The molecular weight excluding hydrogens is 349 g/mol. The minimum absolute atomic E-state index is 0. The van der Waals surface area contributed by atoms with E-state index in [1.807, 2.05) is 6.92 Å². The summed E-state index contributed by atoms with van der Waals surface area (Å²) >= 11 is 0. The molecule has 7 heteroatoms. The van der Waals surface area contributed by atoms with E-state index in [1.165, 1.54) is 11.1 Å². The lowest BCUT2D eigenvalue weighted by Gasteiger charge is -2.35. The van der Waals surface area contributed by atoms with E-state index >= 15 is 0 Å². The van der Waals surface area contributed by atoms with Gasteiger partial charge in [0.1, 0.15) is 0 Å². The average molecular weight is 378 g/mol. The maximum absolute atomic E-state index is 11.9. The van der Waals surface area contributed by atoms with Gasteiger partial charge in [0, 0.05) is 32.1 Å². The monoisotopic (exact) mass is 377 g/mol. The van der Waals surface area contributed by atoms with Crippen LogP contribution in [0.25, 0.3) is 0 Å². The topological polar surface area (TPSA) is 67.6 Å². The molecule has 2 rings (SSSR count). The zero-order chi connectivity index (χ0) is 15.9. The Morgan fingerprint density at radius 3 is 2.58 bits per heavy atom. The first-order valence-electron chi connectivity index (χ1n) is 7.97. The van der Waals surface area contributed by atoms with Gasteiger partial charge in [0.25, 0.3) is 0 Å². The van der Waals surface area contributed by atoms with Crippen LogP contribution in [0.1, 0.15) is 30.5 Å². The smallest absolute Gasteiger partial charge is 0.221 e. The normalized spacial score (nSPS) is 17.1. The molecule has 5 nitrogen and oxygen atoms in total. The second kappa shape index (κ2) is 11.7. The molecule has 138 valence electrons. The van der Waals surface area contributed by atoms with E-state index in [1.54, 1.807) is 0 Å². The summed E-state index contributed by atoms with van der Waals surface area (Å²) in [5.41, 5.74) is 8.16. The van der Waals surface area contributed by atoms with Crippen molar-refractivity contribution in [3.63, 3.8) is 0 Å². The van der Waals surface area contributed by atoms with Gasteiger partial charge in [-0.3, -0.25) is 9.69 Å². The van der Waals surface area contributed by atoms with Crippen molar-refractivity contribution >= 4 is 30.7 Å². The maximum atomic E-state index is 11.9. The molecule has 1 aliphatic heterocycles. The van der Waals surface area contributed by atoms with Gasteiger partial charge in [-0.05, 0) is 19.4 Å². The Bertz CT molecular complexity index is 494. The van der Waals surface area contributed by atoms with Gasteiger partial charge >= 0.3 is 0 Å². The summed E-state index contributed by atoms with van der Waals surface area (Å²) in [4.78, 5) is 14.3. The first-order valence-corrected chi connectivity index (χ1v) is 7.97. The van der Waals surface area contributed by atoms with Crippen molar-refractivity contribution in [1.29, 1.82) is 0 Å². The number of nitrogens with two attached hydrogens (primary N) is 1. The second-order valence-corrected chi connectivity index (χ2v) is 6.06. The number of aryl methyl sites for hydroxylation is 1. The second-order valence-electron chi connectivity index (χ2n) is 6.06. The predicted octanol–water partition coefficient (Wildman–Crippen LogP) is 2.07. The number of nitrogens with zero attached hydrogens (tertiary/aromatic N) is 1. The molecule has 1 amide bonds. The van der Waals surface area contributed by atoms with Gasteiger partial charge in [0.05, 0.1) is 19.3 Å². The van der Waals surface area contributed by atoms with E-state index in [0.29, 0.717) is 13.0 Å². The SMILES string of the molecule is Cc1cccc(C(CNC(=O)CC(C)N)N2CCOCC2)c1.Cl.Cl. The predicted molar refractivity (Wildman–Crippen MR) is 102 cm³/mol. The zero-order valence-electron chi connectivity index (χ0n) is 14.4. The number of carbonyl (C=O) groups excluding carboxylic acids is 1. The number of hydrogen-bond acceptors (Lipinski definition) is 4. The Kier molecular flexibility index (Phi) is 11.2. The van der Waals surface area contributed by atoms with Crippen molar-refractivity contribution in [3.8, 4) is 0 Å². The van der Waals surface area contributed by atoms with Crippen LogP contribution in [-0.2, 0) is 9.53 Å². The van der Waals surface area contributed by atoms with Crippen LogP contribution in [0.15, 0.2) is 24.3 Å². The van der Waals surface area contributed by atoms with Crippen LogP contribution in [0.2, 0.25) is 0 Å². The van der Waals surface area contributed by atoms with Gasteiger partial charge in [-0.1, -0.05) is 29.8 Å².